The molecule has 0 spiro atoms. The number of rotatable bonds is 3. The van der Waals surface area contributed by atoms with Gasteiger partial charge in [0, 0.05) is 29.9 Å². The van der Waals surface area contributed by atoms with Crippen molar-refractivity contribution in [3.05, 3.63) is 64.7 Å². The van der Waals surface area contributed by atoms with Crippen molar-refractivity contribution in [2.75, 3.05) is 18.4 Å². The number of carbonyl (C=O) groups is 2. The van der Waals surface area contributed by atoms with E-state index in [1.165, 1.54) is 0 Å². The Balaban J connectivity index is 1.79. The van der Waals surface area contributed by atoms with Crippen molar-refractivity contribution >= 4 is 17.5 Å². The van der Waals surface area contributed by atoms with Gasteiger partial charge in [0.15, 0.2) is 0 Å². The molecule has 0 aromatic heterocycles. The molecule has 0 aliphatic carbocycles. The van der Waals surface area contributed by atoms with E-state index in [2.05, 4.69) is 5.32 Å². The molecule has 2 amide bonds. The highest BCUT2D eigenvalue weighted by molar-refractivity contribution is 6.06. The maximum absolute atomic E-state index is 12.5. The van der Waals surface area contributed by atoms with Crippen LogP contribution in [0.4, 0.5) is 5.69 Å². The third-order valence-corrected chi connectivity index (χ3v) is 4.41. The highest BCUT2D eigenvalue weighted by atomic mass is 16.2. The van der Waals surface area contributed by atoms with Crippen LogP contribution < -0.4 is 5.32 Å². The second kappa shape index (κ2) is 6.87. The summed E-state index contributed by atoms with van der Waals surface area (Å²) < 4.78 is 0. The first-order chi connectivity index (χ1) is 11.5. The molecule has 1 heterocycles. The fourth-order valence-corrected chi connectivity index (χ4v) is 2.96. The quantitative estimate of drug-likeness (QED) is 0.934. The lowest BCUT2D eigenvalue weighted by Crippen LogP contribution is -2.27. The molecule has 4 nitrogen and oxygen atoms in total. The van der Waals surface area contributed by atoms with Crippen LogP contribution in [-0.2, 0) is 0 Å². The zero-order chi connectivity index (χ0) is 17.1. The van der Waals surface area contributed by atoms with Crippen LogP contribution in [0.5, 0.6) is 0 Å². The molecule has 4 heteroatoms. The number of likely N-dealkylation sites (tertiary alicyclic amines) is 1. The maximum atomic E-state index is 12.5. The van der Waals surface area contributed by atoms with Gasteiger partial charge in [-0.1, -0.05) is 18.2 Å². The minimum absolute atomic E-state index is 0.00823. The third kappa shape index (κ3) is 3.48. The summed E-state index contributed by atoms with van der Waals surface area (Å²) in [7, 11) is 0. The SMILES string of the molecule is Cc1ccc(C)c(NC(=O)c2cccc(C(=O)N3CCCC3)c2)c1. The normalized spacial score (nSPS) is 13.8. The Morgan fingerprint density at radius 2 is 1.67 bits per heavy atom. The second-order valence-electron chi connectivity index (χ2n) is 6.35. The first-order valence-corrected chi connectivity index (χ1v) is 8.32. The molecule has 2 aromatic carbocycles. The minimum Gasteiger partial charge on any atom is -0.339 e. The molecule has 1 saturated heterocycles. The zero-order valence-corrected chi connectivity index (χ0v) is 14.1. The van der Waals surface area contributed by atoms with Crippen LogP contribution >= 0.6 is 0 Å². The van der Waals surface area contributed by atoms with Gasteiger partial charge in [0.25, 0.3) is 11.8 Å². The van der Waals surface area contributed by atoms with Crippen molar-refractivity contribution in [3.63, 3.8) is 0 Å². The molecule has 124 valence electrons. The number of nitrogens with zero attached hydrogens (tertiary/aromatic N) is 1. The summed E-state index contributed by atoms with van der Waals surface area (Å²) >= 11 is 0. The van der Waals surface area contributed by atoms with Crippen molar-refractivity contribution in [2.45, 2.75) is 26.7 Å². The van der Waals surface area contributed by atoms with Gasteiger partial charge in [-0.2, -0.15) is 0 Å². The predicted octanol–water partition coefficient (Wildman–Crippen LogP) is 3.79. The highest BCUT2D eigenvalue weighted by Gasteiger charge is 2.20. The van der Waals surface area contributed by atoms with Gasteiger partial charge in [0.2, 0.25) is 0 Å². The molecule has 1 aliphatic rings. The van der Waals surface area contributed by atoms with Crippen molar-refractivity contribution in [1.29, 1.82) is 0 Å². The lowest BCUT2D eigenvalue weighted by molar-refractivity contribution is 0.0793. The van der Waals surface area contributed by atoms with Gasteiger partial charge in [-0.05, 0) is 62.1 Å². The van der Waals surface area contributed by atoms with Crippen LogP contribution in [0.15, 0.2) is 42.5 Å². The molecular formula is C20H22N2O2. The van der Waals surface area contributed by atoms with E-state index in [-0.39, 0.29) is 11.8 Å². The molecule has 2 aromatic rings. The van der Waals surface area contributed by atoms with Crippen LogP contribution in [-0.4, -0.2) is 29.8 Å². The fourth-order valence-electron chi connectivity index (χ4n) is 2.96. The summed E-state index contributed by atoms with van der Waals surface area (Å²) in [5, 5.41) is 2.94. The summed E-state index contributed by atoms with van der Waals surface area (Å²) in [6.07, 6.45) is 2.11. The highest BCUT2D eigenvalue weighted by Crippen LogP contribution is 2.19. The Hall–Kier alpha value is -2.62. The number of benzene rings is 2. The molecule has 1 N–H and O–H groups in total. The van der Waals surface area contributed by atoms with Gasteiger partial charge in [0.1, 0.15) is 0 Å². The predicted molar refractivity (Wildman–Crippen MR) is 95.4 cm³/mol. The largest absolute Gasteiger partial charge is 0.339 e. The average Bonchev–Trinajstić information content (AvgIpc) is 3.12. The van der Waals surface area contributed by atoms with Crippen LogP contribution in [0.3, 0.4) is 0 Å². The van der Waals surface area contributed by atoms with Crippen LogP contribution in [0.25, 0.3) is 0 Å². The van der Waals surface area contributed by atoms with Crippen LogP contribution in [0.1, 0.15) is 44.7 Å². The van der Waals surface area contributed by atoms with E-state index in [0.29, 0.717) is 11.1 Å². The van der Waals surface area contributed by atoms with Gasteiger partial charge < -0.3 is 10.2 Å². The molecular weight excluding hydrogens is 300 g/mol. The summed E-state index contributed by atoms with van der Waals surface area (Å²) in [5.74, 6) is -0.186. The number of aryl methyl sites for hydroxylation is 2. The molecule has 0 radical (unpaired) electrons. The number of anilines is 1. The van der Waals surface area contributed by atoms with E-state index < -0.39 is 0 Å². The van der Waals surface area contributed by atoms with Gasteiger partial charge in [-0.3, -0.25) is 9.59 Å². The zero-order valence-electron chi connectivity index (χ0n) is 14.1. The number of carbonyl (C=O) groups excluding carboxylic acids is 2. The Kier molecular flexibility index (Phi) is 4.65. The lowest BCUT2D eigenvalue weighted by Gasteiger charge is -2.15. The molecule has 3 rings (SSSR count). The smallest absolute Gasteiger partial charge is 0.255 e. The van der Waals surface area contributed by atoms with Gasteiger partial charge in [-0.25, -0.2) is 0 Å². The molecule has 1 aliphatic heterocycles. The topological polar surface area (TPSA) is 49.4 Å². The fraction of sp³-hybridized carbons (Fsp3) is 0.300. The molecule has 1 fully saturated rings. The van der Waals surface area contributed by atoms with Crippen LogP contribution in [0.2, 0.25) is 0 Å². The van der Waals surface area contributed by atoms with Crippen molar-refractivity contribution in [3.8, 4) is 0 Å². The second-order valence-corrected chi connectivity index (χ2v) is 6.35. The van der Waals surface area contributed by atoms with Gasteiger partial charge in [0.05, 0.1) is 0 Å². The number of hydrogen-bond acceptors (Lipinski definition) is 2. The van der Waals surface area contributed by atoms with Crippen molar-refractivity contribution in [1.82, 2.24) is 4.90 Å². The lowest BCUT2D eigenvalue weighted by atomic mass is 10.1. The summed E-state index contributed by atoms with van der Waals surface area (Å²) in [5.41, 5.74) is 3.98. The summed E-state index contributed by atoms with van der Waals surface area (Å²) in [6, 6.07) is 12.9. The van der Waals surface area contributed by atoms with Gasteiger partial charge in [-0.15, -0.1) is 0 Å². The van der Waals surface area contributed by atoms with Gasteiger partial charge >= 0.3 is 0 Å². The Morgan fingerprint density at radius 3 is 2.42 bits per heavy atom. The molecule has 0 atom stereocenters. The summed E-state index contributed by atoms with van der Waals surface area (Å²) in [6.45, 7) is 5.56. The minimum atomic E-state index is -0.195. The standard InChI is InChI=1S/C20H22N2O2/c1-14-8-9-15(2)18(12-14)21-19(23)16-6-5-7-17(13-16)20(24)22-10-3-4-11-22/h5-9,12-13H,3-4,10-11H2,1-2H3,(H,21,23). The van der Waals surface area contributed by atoms with E-state index >= 15 is 0 Å². The average molecular weight is 322 g/mol. The number of nitrogens with one attached hydrogen (secondary N) is 1. The molecule has 0 bridgehead atoms. The molecule has 0 unspecified atom stereocenters. The van der Waals surface area contributed by atoms with E-state index in [4.69, 9.17) is 0 Å². The van der Waals surface area contributed by atoms with E-state index in [1.807, 2.05) is 36.9 Å². The first-order valence-electron chi connectivity index (χ1n) is 8.32. The molecule has 24 heavy (non-hydrogen) atoms. The monoisotopic (exact) mass is 322 g/mol. The van der Waals surface area contributed by atoms with E-state index in [1.54, 1.807) is 24.3 Å². The Bertz CT molecular complexity index is 777. The van der Waals surface area contributed by atoms with Crippen molar-refractivity contribution in [2.24, 2.45) is 0 Å². The first kappa shape index (κ1) is 16.2. The van der Waals surface area contributed by atoms with Crippen LogP contribution in [0, 0.1) is 13.8 Å². The number of amides is 2. The maximum Gasteiger partial charge on any atom is 0.255 e. The van der Waals surface area contributed by atoms with E-state index in [9.17, 15) is 9.59 Å². The van der Waals surface area contributed by atoms with Crippen molar-refractivity contribution < 1.29 is 9.59 Å². The number of hydrogen-bond donors (Lipinski definition) is 1. The Morgan fingerprint density at radius 1 is 0.958 bits per heavy atom. The Labute approximate surface area is 142 Å². The summed E-state index contributed by atoms with van der Waals surface area (Å²) in [4.78, 5) is 26.9. The third-order valence-electron chi connectivity index (χ3n) is 4.41. The van der Waals surface area contributed by atoms with E-state index in [0.717, 1.165) is 42.7 Å². The molecule has 0 saturated carbocycles.